The number of hydrogen-bond acceptors (Lipinski definition) is 9. The topological polar surface area (TPSA) is 97.9 Å². The van der Waals surface area contributed by atoms with Crippen LogP contribution < -0.4 is 4.90 Å². The van der Waals surface area contributed by atoms with Gasteiger partial charge >= 0.3 is 0 Å². The van der Waals surface area contributed by atoms with E-state index >= 15 is 0 Å². The molecule has 27 heavy (non-hydrogen) atoms. The van der Waals surface area contributed by atoms with Gasteiger partial charge < -0.3 is 4.90 Å². The van der Waals surface area contributed by atoms with Gasteiger partial charge in [0.1, 0.15) is 5.03 Å². The van der Waals surface area contributed by atoms with Gasteiger partial charge in [0.25, 0.3) is 5.69 Å². The van der Waals surface area contributed by atoms with Crippen LogP contribution in [0.3, 0.4) is 0 Å². The normalized spacial score (nSPS) is 13.9. The van der Waals surface area contributed by atoms with Crippen LogP contribution in [0.4, 0.5) is 10.8 Å². The number of nitro groups is 1. The largest absolute Gasteiger partial charge is 0.347 e. The molecule has 1 aliphatic heterocycles. The molecule has 1 aromatic carbocycles. The smallest absolute Gasteiger partial charge is 0.270 e. The van der Waals surface area contributed by atoms with E-state index in [1.807, 2.05) is 13.0 Å². The van der Waals surface area contributed by atoms with Gasteiger partial charge in [0.05, 0.1) is 4.92 Å². The summed E-state index contributed by atoms with van der Waals surface area (Å²) < 4.78 is 0.819. The first-order valence-electron chi connectivity index (χ1n) is 8.45. The number of nitrogens with zero attached hydrogens (tertiary/aromatic N) is 6. The molecule has 0 aliphatic carbocycles. The summed E-state index contributed by atoms with van der Waals surface area (Å²) in [7, 11) is 0. The summed E-state index contributed by atoms with van der Waals surface area (Å²) in [5.74, 6) is 0.463. The van der Waals surface area contributed by atoms with E-state index in [2.05, 4.69) is 25.1 Å². The highest BCUT2D eigenvalue weighted by atomic mass is 32.2. The van der Waals surface area contributed by atoms with Gasteiger partial charge in [-0.05, 0) is 37.6 Å². The standard InChI is InChI=1S/C17H16N6O2S2/c1-11-9-14(26-17-21-20-16(27-17)22-7-2-3-8-22)19-15(18-11)12-5-4-6-13(10-12)23(24)25/h4-6,9-10H,2-3,7-8H2,1H3. The van der Waals surface area contributed by atoms with E-state index in [0.717, 1.165) is 33.3 Å². The number of anilines is 1. The molecule has 0 atom stereocenters. The lowest BCUT2D eigenvalue weighted by molar-refractivity contribution is -0.384. The van der Waals surface area contributed by atoms with Crippen molar-refractivity contribution in [1.29, 1.82) is 0 Å². The molecule has 4 rings (SSSR count). The van der Waals surface area contributed by atoms with Crippen LogP contribution in [0.15, 0.2) is 39.7 Å². The molecule has 10 heteroatoms. The second kappa shape index (κ2) is 7.57. The van der Waals surface area contributed by atoms with E-state index in [1.54, 1.807) is 23.5 Å². The zero-order valence-corrected chi connectivity index (χ0v) is 16.2. The van der Waals surface area contributed by atoms with Crippen LogP contribution in [0.5, 0.6) is 0 Å². The predicted molar refractivity (Wildman–Crippen MR) is 104 cm³/mol. The molecule has 138 valence electrons. The molecule has 2 aromatic heterocycles. The minimum atomic E-state index is -0.421. The van der Waals surface area contributed by atoms with Crippen molar-refractivity contribution in [1.82, 2.24) is 20.2 Å². The van der Waals surface area contributed by atoms with E-state index in [-0.39, 0.29) is 5.69 Å². The third-order valence-corrected chi connectivity index (χ3v) is 6.06. The molecule has 0 unspecified atom stereocenters. The SMILES string of the molecule is Cc1cc(Sc2nnc(N3CCCC3)s2)nc(-c2cccc([N+](=O)[O-])c2)n1. The number of non-ortho nitro benzene ring substituents is 1. The van der Waals surface area contributed by atoms with Crippen molar-refractivity contribution in [3.05, 3.63) is 46.1 Å². The van der Waals surface area contributed by atoms with E-state index in [0.29, 0.717) is 11.4 Å². The summed E-state index contributed by atoms with van der Waals surface area (Å²) in [6.07, 6.45) is 2.39. The average Bonchev–Trinajstić information content (AvgIpc) is 3.33. The first kappa shape index (κ1) is 17.8. The van der Waals surface area contributed by atoms with Crippen molar-refractivity contribution in [3.63, 3.8) is 0 Å². The Bertz CT molecular complexity index is 987. The van der Waals surface area contributed by atoms with Gasteiger partial charge in [-0.1, -0.05) is 23.5 Å². The Labute approximate surface area is 163 Å². The van der Waals surface area contributed by atoms with Crippen molar-refractivity contribution in [2.45, 2.75) is 29.1 Å². The summed E-state index contributed by atoms with van der Waals surface area (Å²) in [5.41, 5.74) is 1.43. The van der Waals surface area contributed by atoms with Crippen molar-refractivity contribution in [3.8, 4) is 11.4 Å². The van der Waals surface area contributed by atoms with Gasteiger partial charge in [0.15, 0.2) is 10.2 Å². The van der Waals surface area contributed by atoms with Gasteiger partial charge in [-0.15, -0.1) is 10.2 Å². The molecule has 1 fully saturated rings. The van der Waals surface area contributed by atoms with E-state index in [9.17, 15) is 10.1 Å². The number of rotatable bonds is 5. The average molecular weight is 400 g/mol. The molecular formula is C17H16N6O2S2. The van der Waals surface area contributed by atoms with Crippen molar-refractivity contribution >= 4 is 33.9 Å². The summed E-state index contributed by atoms with van der Waals surface area (Å²) in [5, 5.41) is 21.3. The molecule has 3 aromatic rings. The Morgan fingerprint density at radius 1 is 1.19 bits per heavy atom. The van der Waals surface area contributed by atoms with Crippen LogP contribution in [-0.4, -0.2) is 38.2 Å². The molecule has 1 aliphatic rings. The number of aromatic nitrogens is 4. The van der Waals surface area contributed by atoms with E-state index < -0.39 is 4.92 Å². The number of nitro benzene ring substituents is 1. The molecule has 8 nitrogen and oxygen atoms in total. The molecule has 0 bridgehead atoms. The van der Waals surface area contributed by atoms with Crippen LogP contribution in [0.1, 0.15) is 18.5 Å². The van der Waals surface area contributed by atoms with Crippen molar-refractivity contribution in [2.75, 3.05) is 18.0 Å². The second-order valence-corrected chi connectivity index (χ2v) is 8.35. The summed E-state index contributed by atoms with van der Waals surface area (Å²) in [6, 6.07) is 8.23. The van der Waals surface area contributed by atoms with Crippen molar-refractivity contribution < 1.29 is 4.92 Å². The number of hydrogen-bond donors (Lipinski definition) is 0. The third-order valence-electron chi connectivity index (χ3n) is 4.11. The summed E-state index contributed by atoms with van der Waals surface area (Å²) in [6.45, 7) is 3.94. The Morgan fingerprint density at radius 3 is 2.78 bits per heavy atom. The summed E-state index contributed by atoms with van der Waals surface area (Å²) in [4.78, 5) is 21.8. The monoisotopic (exact) mass is 400 g/mol. The summed E-state index contributed by atoms with van der Waals surface area (Å²) >= 11 is 2.99. The third kappa shape index (κ3) is 4.06. The van der Waals surface area contributed by atoms with Crippen LogP contribution in [0, 0.1) is 17.0 Å². The van der Waals surface area contributed by atoms with Gasteiger partial charge in [0.2, 0.25) is 5.13 Å². The Morgan fingerprint density at radius 2 is 2.00 bits per heavy atom. The quantitative estimate of drug-likeness (QED) is 0.360. The fraction of sp³-hybridized carbons (Fsp3) is 0.294. The van der Waals surface area contributed by atoms with Crippen molar-refractivity contribution in [2.24, 2.45) is 0 Å². The first-order valence-corrected chi connectivity index (χ1v) is 10.1. The van der Waals surface area contributed by atoms with Gasteiger partial charge in [-0.3, -0.25) is 10.1 Å². The molecule has 0 radical (unpaired) electrons. The molecule has 0 amide bonds. The minimum absolute atomic E-state index is 0.0196. The van der Waals surface area contributed by atoms with Crippen LogP contribution >= 0.6 is 23.1 Å². The molecule has 1 saturated heterocycles. The highest BCUT2D eigenvalue weighted by molar-refractivity contribution is 8.01. The lowest BCUT2D eigenvalue weighted by Gasteiger charge is -2.10. The molecular weight excluding hydrogens is 384 g/mol. The first-order chi connectivity index (χ1) is 13.1. The van der Waals surface area contributed by atoms with Gasteiger partial charge in [-0.25, -0.2) is 9.97 Å². The predicted octanol–water partition coefficient (Wildman–Crippen LogP) is 3.96. The molecule has 3 heterocycles. The van der Waals surface area contributed by atoms with Crippen LogP contribution in [0.2, 0.25) is 0 Å². The number of aryl methyl sites for hydroxylation is 1. The zero-order valence-electron chi connectivity index (χ0n) is 14.5. The van der Waals surface area contributed by atoms with E-state index in [1.165, 1.54) is 36.7 Å². The van der Waals surface area contributed by atoms with Crippen LogP contribution in [0.25, 0.3) is 11.4 Å². The maximum atomic E-state index is 11.0. The lowest BCUT2D eigenvalue weighted by Crippen LogP contribution is -2.17. The Kier molecular flexibility index (Phi) is 4.99. The Balaban J connectivity index is 1.59. The minimum Gasteiger partial charge on any atom is -0.347 e. The zero-order chi connectivity index (χ0) is 18.8. The molecule has 0 spiro atoms. The van der Waals surface area contributed by atoms with Gasteiger partial charge in [0, 0.05) is 36.5 Å². The Hall–Kier alpha value is -2.59. The maximum absolute atomic E-state index is 11.0. The second-order valence-electron chi connectivity index (χ2n) is 6.13. The number of benzene rings is 1. The van der Waals surface area contributed by atoms with E-state index in [4.69, 9.17) is 0 Å². The molecule has 0 N–H and O–H groups in total. The fourth-order valence-corrected chi connectivity index (χ4v) is 4.75. The highest BCUT2D eigenvalue weighted by Gasteiger charge is 2.18. The molecule has 0 saturated carbocycles. The maximum Gasteiger partial charge on any atom is 0.270 e. The fourth-order valence-electron chi connectivity index (χ4n) is 2.85. The lowest BCUT2D eigenvalue weighted by atomic mass is 10.2. The van der Waals surface area contributed by atoms with Gasteiger partial charge in [-0.2, -0.15) is 0 Å². The van der Waals surface area contributed by atoms with Crippen LogP contribution in [-0.2, 0) is 0 Å². The highest BCUT2D eigenvalue weighted by Crippen LogP contribution is 2.34.